The lowest BCUT2D eigenvalue weighted by atomic mass is 9.97. The summed E-state index contributed by atoms with van der Waals surface area (Å²) in [6, 6.07) is 7.18. The number of rotatable bonds is 5. The van der Waals surface area contributed by atoms with Crippen LogP contribution in [-0.2, 0) is 4.79 Å². The zero-order valence-corrected chi connectivity index (χ0v) is 14.9. The highest BCUT2D eigenvalue weighted by molar-refractivity contribution is 5.99. The minimum absolute atomic E-state index is 0.246. The number of anilines is 3. The molecule has 1 fully saturated rings. The number of hydrogen-bond donors (Lipinski definition) is 3. The van der Waals surface area contributed by atoms with E-state index in [1.54, 1.807) is 24.2 Å². The summed E-state index contributed by atoms with van der Waals surface area (Å²) in [5.41, 5.74) is 2.28. The summed E-state index contributed by atoms with van der Waals surface area (Å²) in [6.45, 7) is 3.46. The van der Waals surface area contributed by atoms with Gasteiger partial charge in [-0.05, 0) is 36.6 Å². The second-order valence-corrected chi connectivity index (χ2v) is 6.68. The van der Waals surface area contributed by atoms with Crippen LogP contribution in [0.3, 0.4) is 0 Å². The Morgan fingerprint density at radius 3 is 2.96 bits per heavy atom. The normalized spacial score (nSPS) is 18.3. The molecule has 0 saturated heterocycles. The lowest BCUT2D eigenvalue weighted by Crippen LogP contribution is -2.40. The number of carbonyl (C=O) groups is 2. The molecule has 2 aromatic rings. The third-order valence-electron chi connectivity index (χ3n) is 4.61. The van der Waals surface area contributed by atoms with Gasteiger partial charge in [0.1, 0.15) is 5.82 Å². The highest BCUT2D eigenvalue weighted by Gasteiger charge is 2.33. The molecule has 1 unspecified atom stereocenters. The fourth-order valence-corrected chi connectivity index (χ4v) is 3.07. The van der Waals surface area contributed by atoms with Crippen molar-refractivity contribution in [3.8, 4) is 0 Å². The molecule has 0 radical (unpaired) electrons. The van der Waals surface area contributed by atoms with E-state index in [1.165, 1.54) is 6.08 Å². The van der Waals surface area contributed by atoms with Crippen LogP contribution in [0.2, 0.25) is 0 Å². The Hall–Kier alpha value is -3.42. The van der Waals surface area contributed by atoms with Crippen LogP contribution in [0.25, 0.3) is 0 Å². The molecule has 8 heteroatoms. The van der Waals surface area contributed by atoms with Crippen LogP contribution in [0.15, 0.2) is 43.1 Å². The summed E-state index contributed by atoms with van der Waals surface area (Å²) >= 11 is 0. The van der Waals surface area contributed by atoms with E-state index in [-0.39, 0.29) is 18.0 Å². The smallest absolute Gasteiger partial charge is 0.323 e. The van der Waals surface area contributed by atoms with Gasteiger partial charge in [0, 0.05) is 30.5 Å². The zero-order chi connectivity index (χ0) is 19.0. The van der Waals surface area contributed by atoms with Crippen LogP contribution in [0.5, 0.6) is 0 Å². The highest BCUT2D eigenvalue weighted by Crippen LogP contribution is 2.37. The van der Waals surface area contributed by atoms with Crippen LogP contribution in [0, 0.1) is 0 Å². The first-order chi connectivity index (χ1) is 13.0. The Bertz CT molecular complexity index is 924. The molecule has 1 aromatic heterocycles. The molecule has 2 heterocycles. The van der Waals surface area contributed by atoms with Gasteiger partial charge < -0.3 is 15.5 Å². The lowest BCUT2D eigenvalue weighted by molar-refractivity contribution is -0.111. The minimum Gasteiger partial charge on any atom is -0.351 e. The van der Waals surface area contributed by atoms with Crippen molar-refractivity contribution in [2.75, 3.05) is 23.0 Å². The minimum atomic E-state index is -0.357. The predicted molar refractivity (Wildman–Crippen MR) is 103 cm³/mol. The standard InChI is InChI=1S/C19H20N6O2/c1-3-15(26)21-13-6-4-5-11(9-13)16-14-10-20-18(22-12-7-8-12)23-17(14)24-19(27)25(16)2/h3-6,9-10,12,16H,1,7-8H2,2H3,(H,21,26)(H2,20,22,23,24,27). The van der Waals surface area contributed by atoms with Crippen molar-refractivity contribution in [2.24, 2.45) is 0 Å². The molecule has 1 aliphatic carbocycles. The summed E-state index contributed by atoms with van der Waals surface area (Å²) in [5.74, 6) is 0.732. The summed E-state index contributed by atoms with van der Waals surface area (Å²) < 4.78 is 0. The van der Waals surface area contributed by atoms with Crippen molar-refractivity contribution in [1.29, 1.82) is 0 Å². The second kappa shape index (κ2) is 6.71. The molecule has 1 atom stereocenters. The van der Waals surface area contributed by atoms with Crippen molar-refractivity contribution >= 4 is 29.4 Å². The first kappa shape index (κ1) is 17.0. The first-order valence-corrected chi connectivity index (χ1v) is 8.76. The fourth-order valence-electron chi connectivity index (χ4n) is 3.07. The number of amides is 3. The van der Waals surface area contributed by atoms with Gasteiger partial charge in [-0.1, -0.05) is 18.7 Å². The summed E-state index contributed by atoms with van der Waals surface area (Å²) in [5, 5.41) is 8.79. The van der Waals surface area contributed by atoms with Crippen molar-refractivity contribution in [3.05, 3.63) is 54.2 Å². The van der Waals surface area contributed by atoms with E-state index in [2.05, 4.69) is 32.5 Å². The molecule has 4 rings (SSSR count). The molecule has 2 aliphatic rings. The molecule has 3 amide bonds. The van der Waals surface area contributed by atoms with Crippen LogP contribution in [-0.4, -0.2) is 39.9 Å². The molecule has 1 aromatic carbocycles. The molecule has 27 heavy (non-hydrogen) atoms. The number of carbonyl (C=O) groups excluding carboxylic acids is 2. The predicted octanol–water partition coefficient (Wildman–Crippen LogP) is 2.74. The molecule has 1 aliphatic heterocycles. The number of hydrogen-bond acceptors (Lipinski definition) is 5. The van der Waals surface area contributed by atoms with Gasteiger partial charge in [0.05, 0.1) is 6.04 Å². The maximum atomic E-state index is 12.4. The quantitative estimate of drug-likeness (QED) is 0.709. The summed E-state index contributed by atoms with van der Waals surface area (Å²) in [4.78, 5) is 34.5. The van der Waals surface area contributed by atoms with Crippen LogP contribution in [0.1, 0.15) is 30.0 Å². The number of urea groups is 1. The summed E-state index contributed by atoms with van der Waals surface area (Å²) in [7, 11) is 1.72. The lowest BCUT2D eigenvalue weighted by Gasteiger charge is -2.34. The molecule has 3 N–H and O–H groups in total. The van der Waals surface area contributed by atoms with Crippen LogP contribution in [0.4, 0.5) is 22.2 Å². The van der Waals surface area contributed by atoms with E-state index in [0.717, 1.165) is 24.0 Å². The van der Waals surface area contributed by atoms with E-state index in [0.29, 0.717) is 23.5 Å². The molecule has 1 saturated carbocycles. The third kappa shape index (κ3) is 3.46. The second-order valence-electron chi connectivity index (χ2n) is 6.68. The van der Waals surface area contributed by atoms with Gasteiger partial charge in [-0.2, -0.15) is 4.98 Å². The van der Waals surface area contributed by atoms with E-state index in [4.69, 9.17) is 0 Å². The van der Waals surface area contributed by atoms with Gasteiger partial charge in [-0.15, -0.1) is 0 Å². The number of fused-ring (bicyclic) bond motifs is 1. The number of aromatic nitrogens is 2. The molecule has 0 spiro atoms. The Morgan fingerprint density at radius 1 is 1.41 bits per heavy atom. The van der Waals surface area contributed by atoms with E-state index < -0.39 is 0 Å². The Kier molecular flexibility index (Phi) is 4.23. The molecule has 8 nitrogen and oxygen atoms in total. The number of nitrogens with zero attached hydrogens (tertiary/aromatic N) is 3. The van der Waals surface area contributed by atoms with Crippen LogP contribution < -0.4 is 16.0 Å². The first-order valence-electron chi connectivity index (χ1n) is 8.76. The van der Waals surface area contributed by atoms with Gasteiger partial charge in [0.25, 0.3) is 0 Å². The summed E-state index contributed by atoms with van der Waals surface area (Å²) in [6.07, 6.45) is 5.18. The van der Waals surface area contributed by atoms with Crippen molar-refractivity contribution in [3.63, 3.8) is 0 Å². The number of benzene rings is 1. The van der Waals surface area contributed by atoms with Crippen molar-refractivity contribution in [1.82, 2.24) is 14.9 Å². The Balaban J connectivity index is 1.69. The van der Waals surface area contributed by atoms with E-state index >= 15 is 0 Å². The SMILES string of the molecule is C=CC(=O)Nc1cccc(C2c3cnc(NC4CC4)nc3NC(=O)N2C)c1. The van der Waals surface area contributed by atoms with Gasteiger partial charge in [0.15, 0.2) is 0 Å². The van der Waals surface area contributed by atoms with Crippen LogP contribution >= 0.6 is 0 Å². The van der Waals surface area contributed by atoms with Gasteiger partial charge in [0.2, 0.25) is 11.9 Å². The highest BCUT2D eigenvalue weighted by atomic mass is 16.2. The van der Waals surface area contributed by atoms with Gasteiger partial charge in [-0.25, -0.2) is 9.78 Å². The van der Waals surface area contributed by atoms with E-state index in [9.17, 15) is 9.59 Å². The largest absolute Gasteiger partial charge is 0.351 e. The monoisotopic (exact) mass is 364 g/mol. The van der Waals surface area contributed by atoms with Gasteiger partial charge >= 0.3 is 6.03 Å². The Labute approximate surface area is 156 Å². The maximum Gasteiger partial charge on any atom is 0.323 e. The maximum absolute atomic E-state index is 12.4. The Morgan fingerprint density at radius 2 is 2.22 bits per heavy atom. The van der Waals surface area contributed by atoms with Gasteiger partial charge in [-0.3, -0.25) is 10.1 Å². The molecule has 138 valence electrons. The third-order valence-corrected chi connectivity index (χ3v) is 4.61. The fraction of sp³-hybridized carbons (Fsp3) is 0.263. The molecular weight excluding hydrogens is 344 g/mol. The van der Waals surface area contributed by atoms with Crippen molar-refractivity contribution in [2.45, 2.75) is 24.9 Å². The van der Waals surface area contributed by atoms with Crippen molar-refractivity contribution < 1.29 is 9.59 Å². The molecular formula is C19H20N6O2. The zero-order valence-electron chi connectivity index (χ0n) is 14.9. The van der Waals surface area contributed by atoms with E-state index in [1.807, 2.05) is 18.2 Å². The molecule has 0 bridgehead atoms. The average molecular weight is 364 g/mol. The topological polar surface area (TPSA) is 99.2 Å². The average Bonchev–Trinajstić information content (AvgIpc) is 3.47. The number of nitrogens with one attached hydrogen (secondary N) is 3.